The zero-order chi connectivity index (χ0) is 45.0. The summed E-state index contributed by atoms with van der Waals surface area (Å²) < 4.78 is 0.888. The van der Waals surface area contributed by atoms with E-state index in [0.29, 0.717) is 42.1 Å². The SMILES string of the molecule is CCCCCCCCCCCCCCCC(=O)Nc1cccc2c(=O)n(OC)c(C(=Nc3ccc(N(CC)CC)cc3NC(=O)c3ccccc3)C(=O)Nc3ccccc3Cl)nc12. The number of halogens is 1. The van der Waals surface area contributed by atoms with Crippen molar-refractivity contribution >= 4 is 74.4 Å². The minimum atomic E-state index is -0.766. The van der Waals surface area contributed by atoms with E-state index >= 15 is 0 Å². The summed E-state index contributed by atoms with van der Waals surface area (Å²) in [4.78, 5) is 73.0. The van der Waals surface area contributed by atoms with Crippen LogP contribution in [0.4, 0.5) is 28.4 Å². The van der Waals surface area contributed by atoms with Gasteiger partial charge in [0, 0.05) is 30.8 Å². The highest BCUT2D eigenvalue weighted by molar-refractivity contribution is 6.49. The lowest BCUT2D eigenvalue weighted by Gasteiger charge is -2.22. The largest absolute Gasteiger partial charge is 0.412 e. The van der Waals surface area contributed by atoms with E-state index in [9.17, 15) is 19.2 Å². The molecular formula is C50H62ClN7O5. The van der Waals surface area contributed by atoms with Gasteiger partial charge in [0.15, 0.2) is 5.71 Å². The number of hydrogen-bond acceptors (Lipinski definition) is 8. The molecule has 12 nitrogen and oxygen atoms in total. The highest BCUT2D eigenvalue weighted by atomic mass is 35.5. The topological polar surface area (TPSA) is 147 Å². The zero-order valence-electron chi connectivity index (χ0n) is 37.2. The van der Waals surface area contributed by atoms with Gasteiger partial charge in [0.2, 0.25) is 11.7 Å². The van der Waals surface area contributed by atoms with Crippen molar-refractivity contribution in [2.75, 3.05) is 41.0 Å². The van der Waals surface area contributed by atoms with Crippen LogP contribution in [0.15, 0.2) is 101 Å². The van der Waals surface area contributed by atoms with Crippen LogP contribution in [-0.4, -0.2) is 53.3 Å². The van der Waals surface area contributed by atoms with Crippen LogP contribution in [0.1, 0.15) is 127 Å². The Hall–Kier alpha value is -6.01. The lowest BCUT2D eigenvalue weighted by molar-refractivity contribution is -0.116. The molecule has 0 aliphatic carbocycles. The predicted octanol–water partition coefficient (Wildman–Crippen LogP) is 11.4. The molecular weight excluding hydrogens is 814 g/mol. The standard InChI is InChI=1S/C50H62ClN7O5/c1-5-8-9-10-11-12-13-14-15-16-17-18-22-32-44(59)52-42-31-25-28-38-45(42)56-47(58(63-4)50(38)62)46(49(61)54-40-30-24-23-29-39(40)51)53-41-34-33-37(57(6-2)7-3)35-43(41)55-48(60)36-26-20-19-21-27-36/h19-21,23-31,33-35H,5-18,22,32H2,1-4H3,(H,52,59)(H,54,61)(H,55,60). The Balaban J connectivity index is 1.45. The van der Waals surface area contributed by atoms with Gasteiger partial charge in [-0.2, -0.15) is 0 Å². The summed E-state index contributed by atoms with van der Waals surface area (Å²) in [5.74, 6) is -1.60. The maximum absolute atomic E-state index is 14.5. The summed E-state index contributed by atoms with van der Waals surface area (Å²) in [7, 11) is 1.29. The van der Waals surface area contributed by atoms with E-state index in [1.54, 1.807) is 78.9 Å². The Morgan fingerprint density at radius 2 is 1.32 bits per heavy atom. The lowest BCUT2D eigenvalue weighted by atomic mass is 10.0. The quantitative estimate of drug-likeness (QED) is 0.0391. The second-order valence-electron chi connectivity index (χ2n) is 15.5. The number of carbonyl (C=O) groups is 3. The second kappa shape index (κ2) is 25.2. The summed E-state index contributed by atoms with van der Waals surface area (Å²) in [6.07, 6.45) is 16.0. The number of nitrogens with one attached hydrogen (secondary N) is 3. The fourth-order valence-electron chi connectivity index (χ4n) is 7.49. The van der Waals surface area contributed by atoms with Crippen LogP contribution in [-0.2, 0) is 9.59 Å². The molecule has 0 saturated carbocycles. The minimum Gasteiger partial charge on any atom is -0.412 e. The van der Waals surface area contributed by atoms with Gasteiger partial charge in [0.25, 0.3) is 17.4 Å². The van der Waals surface area contributed by atoms with E-state index in [2.05, 4.69) is 27.8 Å². The number of anilines is 4. The third-order valence-electron chi connectivity index (χ3n) is 11.0. The first kappa shape index (κ1) is 48.0. The van der Waals surface area contributed by atoms with Gasteiger partial charge in [-0.05, 0) is 74.9 Å². The number of para-hydroxylation sites is 2. The van der Waals surface area contributed by atoms with E-state index in [1.807, 2.05) is 26.0 Å². The number of hydrogen-bond donors (Lipinski definition) is 3. The maximum atomic E-state index is 14.5. The first-order chi connectivity index (χ1) is 30.7. The molecule has 0 atom stereocenters. The van der Waals surface area contributed by atoms with E-state index in [-0.39, 0.29) is 45.0 Å². The van der Waals surface area contributed by atoms with Crippen molar-refractivity contribution in [3.63, 3.8) is 0 Å². The Morgan fingerprint density at radius 1 is 0.698 bits per heavy atom. The smallest absolute Gasteiger partial charge is 0.294 e. The summed E-state index contributed by atoms with van der Waals surface area (Å²) in [5.41, 5.74) is 1.55. The monoisotopic (exact) mass is 875 g/mol. The van der Waals surface area contributed by atoms with Crippen LogP contribution in [0.2, 0.25) is 5.02 Å². The van der Waals surface area contributed by atoms with Gasteiger partial charge >= 0.3 is 0 Å². The summed E-state index contributed by atoms with van der Waals surface area (Å²) in [6.45, 7) is 7.71. The van der Waals surface area contributed by atoms with Crippen molar-refractivity contribution in [1.29, 1.82) is 0 Å². The molecule has 4 aromatic carbocycles. The third kappa shape index (κ3) is 13.7. The van der Waals surface area contributed by atoms with Crippen molar-refractivity contribution in [2.45, 2.75) is 111 Å². The van der Waals surface area contributed by atoms with Crippen LogP contribution in [0, 0.1) is 0 Å². The maximum Gasteiger partial charge on any atom is 0.294 e. The molecule has 1 aromatic heterocycles. The van der Waals surface area contributed by atoms with E-state index in [0.717, 1.165) is 36.1 Å². The fraction of sp³-hybridized carbons (Fsp3) is 0.400. The number of carbonyl (C=O) groups excluding carboxylic acids is 3. The highest BCUT2D eigenvalue weighted by Gasteiger charge is 2.26. The molecule has 5 rings (SSSR count). The number of fused-ring (bicyclic) bond motifs is 1. The van der Waals surface area contributed by atoms with Crippen molar-refractivity contribution in [2.24, 2.45) is 4.99 Å². The number of unbranched alkanes of at least 4 members (excludes halogenated alkanes) is 12. The molecule has 0 fully saturated rings. The summed E-state index contributed by atoms with van der Waals surface area (Å²) in [5, 5.41) is 9.17. The Labute approximate surface area is 376 Å². The number of aromatic nitrogens is 2. The van der Waals surface area contributed by atoms with Gasteiger partial charge in [-0.15, -0.1) is 4.73 Å². The van der Waals surface area contributed by atoms with E-state index in [1.165, 1.54) is 64.9 Å². The Kier molecular flexibility index (Phi) is 19.2. The number of benzene rings is 4. The predicted molar refractivity (Wildman–Crippen MR) is 258 cm³/mol. The summed E-state index contributed by atoms with van der Waals surface area (Å²) >= 11 is 6.48. The molecule has 13 heteroatoms. The lowest BCUT2D eigenvalue weighted by Crippen LogP contribution is -2.36. The van der Waals surface area contributed by atoms with Gasteiger partial charge in [0.05, 0.1) is 33.2 Å². The molecule has 0 aliphatic heterocycles. The normalized spacial score (nSPS) is 11.3. The molecule has 334 valence electrons. The number of aliphatic imine (C=N–C) groups is 1. The molecule has 0 saturated heterocycles. The van der Waals surface area contributed by atoms with Crippen LogP contribution < -0.4 is 31.2 Å². The Morgan fingerprint density at radius 3 is 1.95 bits per heavy atom. The highest BCUT2D eigenvalue weighted by Crippen LogP contribution is 2.32. The van der Waals surface area contributed by atoms with Gasteiger partial charge in [-0.3, -0.25) is 19.2 Å². The van der Waals surface area contributed by atoms with Gasteiger partial charge in [-0.25, -0.2) is 9.98 Å². The molecule has 0 spiro atoms. The molecule has 0 radical (unpaired) electrons. The third-order valence-corrected chi connectivity index (χ3v) is 11.3. The zero-order valence-corrected chi connectivity index (χ0v) is 37.9. The van der Waals surface area contributed by atoms with Gasteiger partial charge in [0.1, 0.15) is 12.6 Å². The molecule has 3 amide bonds. The molecule has 63 heavy (non-hydrogen) atoms. The number of rotatable bonds is 25. The molecule has 0 aliphatic rings. The second-order valence-corrected chi connectivity index (χ2v) is 16.0. The average molecular weight is 877 g/mol. The first-order valence-electron chi connectivity index (χ1n) is 22.5. The van der Waals surface area contributed by atoms with Crippen LogP contribution in [0.5, 0.6) is 0 Å². The molecule has 3 N–H and O–H groups in total. The van der Waals surface area contributed by atoms with Gasteiger partial charge < -0.3 is 25.7 Å². The van der Waals surface area contributed by atoms with E-state index in [4.69, 9.17) is 26.4 Å². The fourth-order valence-corrected chi connectivity index (χ4v) is 7.67. The molecule has 1 heterocycles. The van der Waals surface area contributed by atoms with Crippen molar-refractivity contribution < 1.29 is 19.2 Å². The van der Waals surface area contributed by atoms with Crippen LogP contribution in [0.3, 0.4) is 0 Å². The number of nitrogens with zero attached hydrogens (tertiary/aromatic N) is 4. The van der Waals surface area contributed by atoms with E-state index < -0.39 is 11.5 Å². The van der Waals surface area contributed by atoms with Crippen LogP contribution in [0.25, 0.3) is 10.9 Å². The van der Waals surface area contributed by atoms with Crippen molar-refractivity contribution in [1.82, 2.24) is 9.71 Å². The average Bonchev–Trinajstić information content (AvgIpc) is 3.29. The minimum absolute atomic E-state index is 0.150. The molecule has 0 bridgehead atoms. The molecule has 0 unspecified atom stereocenters. The van der Waals surface area contributed by atoms with Gasteiger partial charge in [-0.1, -0.05) is 132 Å². The van der Waals surface area contributed by atoms with Crippen molar-refractivity contribution in [3.05, 3.63) is 118 Å². The molecule has 5 aromatic rings. The first-order valence-corrected chi connectivity index (χ1v) is 22.9. The van der Waals surface area contributed by atoms with Crippen LogP contribution >= 0.6 is 11.6 Å². The van der Waals surface area contributed by atoms with Crippen molar-refractivity contribution in [3.8, 4) is 0 Å². The summed E-state index contributed by atoms with van der Waals surface area (Å²) in [6, 6.07) is 25.7. The Bertz CT molecular complexity index is 2380. The number of amides is 3.